The van der Waals surface area contributed by atoms with Gasteiger partial charge in [-0.1, -0.05) is 19.8 Å². The third kappa shape index (κ3) is 4.08. The molecule has 0 amide bonds. The molecule has 1 aromatic heterocycles. The lowest BCUT2D eigenvalue weighted by molar-refractivity contribution is -0.139. The lowest BCUT2D eigenvalue weighted by Gasteiger charge is -2.13. The standard InChI is InChI=1S/C11H17NO4S2/c1-3-4-5-9(11(13)14)12-18(15,16)10-7-6-8(2)17-10/h6-7,9,12H,3-5H2,1-2H3,(H,13,14). The Morgan fingerprint density at radius 1 is 1.50 bits per heavy atom. The maximum Gasteiger partial charge on any atom is 0.321 e. The minimum atomic E-state index is -3.73. The van der Waals surface area contributed by atoms with Crippen LogP contribution in [-0.4, -0.2) is 25.5 Å². The van der Waals surface area contributed by atoms with Crippen molar-refractivity contribution >= 4 is 27.3 Å². The molecule has 0 aliphatic rings. The second kappa shape index (κ2) is 6.31. The van der Waals surface area contributed by atoms with E-state index in [1.165, 1.54) is 6.07 Å². The van der Waals surface area contributed by atoms with Crippen LogP contribution in [0.25, 0.3) is 0 Å². The number of hydrogen-bond donors (Lipinski definition) is 2. The highest BCUT2D eigenvalue weighted by molar-refractivity contribution is 7.91. The fourth-order valence-corrected chi connectivity index (χ4v) is 3.97. The normalized spacial score (nSPS) is 13.4. The maximum absolute atomic E-state index is 12.0. The van der Waals surface area contributed by atoms with Gasteiger partial charge in [0.1, 0.15) is 10.3 Å². The SMILES string of the molecule is CCCCC(NS(=O)(=O)c1ccc(C)s1)C(=O)O. The number of nitrogens with one attached hydrogen (secondary N) is 1. The molecule has 0 saturated heterocycles. The van der Waals surface area contributed by atoms with Crippen LogP contribution in [0.4, 0.5) is 0 Å². The fraction of sp³-hybridized carbons (Fsp3) is 0.545. The molecule has 0 aliphatic heterocycles. The van der Waals surface area contributed by atoms with E-state index in [4.69, 9.17) is 5.11 Å². The molecule has 0 spiro atoms. The molecule has 1 heterocycles. The van der Waals surface area contributed by atoms with Crippen LogP contribution in [0.1, 0.15) is 31.1 Å². The Balaban J connectivity index is 2.82. The molecule has 18 heavy (non-hydrogen) atoms. The van der Waals surface area contributed by atoms with Crippen molar-refractivity contribution in [3.63, 3.8) is 0 Å². The molecule has 0 radical (unpaired) electrons. The average molecular weight is 291 g/mol. The van der Waals surface area contributed by atoms with E-state index in [1.54, 1.807) is 13.0 Å². The molecule has 1 atom stereocenters. The van der Waals surface area contributed by atoms with Gasteiger partial charge in [0.25, 0.3) is 10.0 Å². The van der Waals surface area contributed by atoms with Gasteiger partial charge < -0.3 is 5.11 Å². The largest absolute Gasteiger partial charge is 0.480 e. The van der Waals surface area contributed by atoms with Crippen LogP contribution in [0.3, 0.4) is 0 Å². The van der Waals surface area contributed by atoms with E-state index in [1.807, 2.05) is 6.92 Å². The second-order valence-electron chi connectivity index (χ2n) is 4.02. The van der Waals surface area contributed by atoms with Crippen molar-refractivity contribution < 1.29 is 18.3 Å². The van der Waals surface area contributed by atoms with E-state index >= 15 is 0 Å². The van der Waals surface area contributed by atoms with E-state index in [-0.39, 0.29) is 4.21 Å². The first-order chi connectivity index (χ1) is 8.36. The minimum absolute atomic E-state index is 0.155. The fourth-order valence-electron chi connectivity index (χ4n) is 1.44. The van der Waals surface area contributed by atoms with Gasteiger partial charge >= 0.3 is 5.97 Å². The van der Waals surface area contributed by atoms with E-state index < -0.39 is 22.0 Å². The second-order valence-corrected chi connectivity index (χ2v) is 7.25. The summed E-state index contributed by atoms with van der Waals surface area (Å²) < 4.78 is 26.3. The van der Waals surface area contributed by atoms with Crippen molar-refractivity contribution in [1.29, 1.82) is 0 Å². The summed E-state index contributed by atoms with van der Waals surface area (Å²) in [5.74, 6) is -1.14. The quantitative estimate of drug-likeness (QED) is 0.804. The molecular weight excluding hydrogens is 274 g/mol. The van der Waals surface area contributed by atoms with Gasteiger partial charge in [0.15, 0.2) is 0 Å². The molecule has 2 N–H and O–H groups in total. The van der Waals surface area contributed by atoms with Crippen molar-refractivity contribution in [2.24, 2.45) is 0 Å². The first-order valence-electron chi connectivity index (χ1n) is 5.68. The predicted octanol–water partition coefficient (Wildman–Crippen LogP) is 1.98. The van der Waals surface area contributed by atoms with E-state index in [2.05, 4.69) is 4.72 Å². The molecule has 7 heteroatoms. The van der Waals surface area contributed by atoms with Gasteiger partial charge in [0, 0.05) is 4.88 Å². The Hall–Kier alpha value is -0.920. The Kier molecular flexibility index (Phi) is 5.30. The van der Waals surface area contributed by atoms with Gasteiger partial charge in [-0.3, -0.25) is 4.79 Å². The number of carboxylic acid groups (broad SMARTS) is 1. The molecule has 0 aliphatic carbocycles. The summed E-state index contributed by atoms with van der Waals surface area (Å²) in [7, 11) is -3.73. The molecule has 0 fully saturated rings. The van der Waals surface area contributed by atoms with Crippen LogP contribution in [0.15, 0.2) is 16.3 Å². The zero-order valence-electron chi connectivity index (χ0n) is 10.3. The van der Waals surface area contributed by atoms with Crippen LogP contribution in [0.5, 0.6) is 0 Å². The Bertz CT molecular complexity index is 507. The molecule has 1 unspecified atom stereocenters. The number of unbranched alkanes of at least 4 members (excludes halogenated alkanes) is 1. The van der Waals surface area contributed by atoms with Gasteiger partial charge in [-0.25, -0.2) is 8.42 Å². The first-order valence-corrected chi connectivity index (χ1v) is 7.98. The van der Waals surface area contributed by atoms with Crippen molar-refractivity contribution in [3.8, 4) is 0 Å². The monoisotopic (exact) mass is 291 g/mol. The Morgan fingerprint density at radius 2 is 2.17 bits per heavy atom. The average Bonchev–Trinajstić information content (AvgIpc) is 2.71. The summed E-state index contributed by atoms with van der Waals surface area (Å²) >= 11 is 1.13. The number of carbonyl (C=O) groups is 1. The summed E-state index contributed by atoms with van der Waals surface area (Å²) in [5.41, 5.74) is 0. The third-order valence-electron chi connectivity index (χ3n) is 2.42. The van der Waals surface area contributed by atoms with Crippen LogP contribution in [0, 0.1) is 6.92 Å². The highest BCUT2D eigenvalue weighted by Gasteiger charge is 2.25. The third-order valence-corrected chi connectivity index (χ3v) is 5.39. The van der Waals surface area contributed by atoms with Crippen LogP contribution < -0.4 is 4.72 Å². The van der Waals surface area contributed by atoms with E-state index in [0.717, 1.165) is 22.6 Å². The summed E-state index contributed by atoms with van der Waals surface area (Å²) in [4.78, 5) is 11.9. The van der Waals surface area contributed by atoms with Gasteiger partial charge in [0.2, 0.25) is 0 Å². The van der Waals surface area contributed by atoms with E-state index in [9.17, 15) is 13.2 Å². The van der Waals surface area contributed by atoms with Crippen LogP contribution in [0.2, 0.25) is 0 Å². The van der Waals surface area contributed by atoms with Gasteiger partial charge in [-0.15, -0.1) is 11.3 Å². The van der Waals surface area contributed by atoms with Gasteiger partial charge in [-0.2, -0.15) is 4.72 Å². The van der Waals surface area contributed by atoms with Crippen LogP contribution >= 0.6 is 11.3 Å². The molecule has 0 aromatic carbocycles. The Morgan fingerprint density at radius 3 is 2.61 bits per heavy atom. The minimum Gasteiger partial charge on any atom is -0.480 e. The Labute approximate surface area is 111 Å². The highest BCUT2D eigenvalue weighted by Crippen LogP contribution is 2.21. The molecular formula is C11H17NO4S2. The molecule has 1 aromatic rings. The zero-order chi connectivity index (χ0) is 13.8. The molecule has 102 valence electrons. The first kappa shape index (κ1) is 15.1. The molecule has 0 saturated carbocycles. The van der Waals surface area contributed by atoms with Crippen molar-refractivity contribution in [1.82, 2.24) is 4.72 Å². The smallest absolute Gasteiger partial charge is 0.321 e. The topological polar surface area (TPSA) is 83.5 Å². The molecule has 5 nitrogen and oxygen atoms in total. The summed E-state index contributed by atoms with van der Waals surface area (Å²) in [6, 6.07) is 2.12. The van der Waals surface area contributed by atoms with Crippen molar-refractivity contribution in [2.45, 2.75) is 43.4 Å². The van der Waals surface area contributed by atoms with Crippen LogP contribution in [-0.2, 0) is 14.8 Å². The van der Waals surface area contributed by atoms with Crippen molar-refractivity contribution in [3.05, 3.63) is 17.0 Å². The zero-order valence-corrected chi connectivity index (χ0v) is 12.0. The molecule has 0 bridgehead atoms. The maximum atomic E-state index is 12.0. The lowest BCUT2D eigenvalue weighted by Crippen LogP contribution is -2.40. The number of hydrogen-bond acceptors (Lipinski definition) is 4. The van der Waals surface area contributed by atoms with Gasteiger partial charge in [0.05, 0.1) is 0 Å². The number of sulfonamides is 1. The highest BCUT2D eigenvalue weighted by atomic mass is 32.2. The summed E-state index contributed by atoms with van der Waals surface area (Å²) in [6.07, 6.45) is 1.79. The summed E-state index contributed by atoms with van der Waals surface area (Å²) in [6.45, 7) is 3.73. The number of thiophene rings is 1. The number of carboxylic acids is 1. The predicted molar refractivity (Wildman–Crippen MR) is 70.3 cm³/mol. The molecule has 1 rings (SSSR count). The number of aryl methyl sites for hydroxylation is 1. The van der Waals surface area contributed by atoms with Gasteiger partial charge in [-0.05, 0) is 25.5 Å². The summed E-state index contributed by atoms with van der Waals surface area (Å²) in [5, 5.41) is 8.99. The number of rotatable bonds is 7. The lowest BCUT2D eigenvalue weighted by atomic mass is 10.1. The number of aliphatic carboxylic acids is 1. The van der Waals surface area contributed by atoms with Crippen molar-refractivity contribution in [2.75, 3.05) is 0 Å². The van der Waals surface area contributed by atoms with E-state index in [0.29, 0.717) is 12.8 Å².